The first-order valence-corrected chi connectivity index (χ1v) is 8.72. The van der Waals surface area contributed by atoms with Gasteiger partial charge in [0.15, 0.2) is 0 Å². The Balaban J connectivity index is 1.79. The van der Waals surface area contributed by atoms with E-state index in [9.17, 15) is 4.79 Å². The fourth-order valence-electron chi connectivity index (χ4n) is 2.96. The van der Waals surface area contributed by atoms with Gasteiger partial charge in [0, 0.05) is 41.7 Å². The topological polar surface area (TPSA) is 62.1 Å². The molecule has 1 atom stereocenters. The van der Waals surface area contributed by atoms with E-state index in [4.69, 9.17) is 5.73 Å². The number of nitrogens with zero attached hydrogens (tertiary/aromatic N) is 1. The predicted octanol–water partition coefficient (Wildman–Crippen LogP) is 2.13. The number of carbonyl (C=O) groups excluding carboxylic acids is 1. The number of thioether (sulfide) groups is 1. The van der Waals surface area contributed by atoms with E-state index in [1.807, 2.05) is 23.3 Å². The van der Waals surface area contributed by atoms with E-state index in [1.165, 1.54) is 16.6 Å². The first kappa shape index (κ1) is 14.5. The van der Waals surface area contributed by atoms with Gasteiger partial charge in [0.05, 0.1) is 6.04 Å². The lowest BCUT2D eigenvalue weighted by Crippen LogP contribution is -2.46. The van der Waals surface area contributed by atoms with Crippen LogP contribution in [0.5, 0.6) is 0 Å². The SMILES string of the molecule is CSCC[C@@H](N)C(=O)N1CCc2[nH]c3ccccc3c2C1. The van der Waals surface area contributed by atoms with Gasteiger partial charge in [-0.3, -0.25) is 4.79 Å². The number of amides is 1. The van der Waals surface area contributed by atoms with Crippen LogP contribution in [-0.4, -0.2) is 40.4 Å². The number of carbonyl (C=O) groups is 1. The van der Waals surface area contributed by atoms with Crippen molar-refractivity contribution in [1.82, 2.24) is 9.88 Å². The van der Waals surface area contributed by atoms with E-state index in [-0.39, 0.29) is 11.9 Å². The van der Waals surface area contributed by atoms with E-state index in [0.29, 0.717) is 6.54 Å². The number of hydrogen-bond acceptors (Lipinski definition) is 3. The van der Waals surface area contributed by atoms with Gasteiger partial charge in [0.25, 0.3) is 0 Å². The number of nitrogens with one attached hydrogen (secondary N) is 1. The van der Waals surface area contributed by atoms with Crippen LogP contribution in [0.1, 0.15) is 17.7 Å². The second kappa shape index (κ2) is 6.12. The summed E-state index contributed by atoms with van der Waals surface area (Å²) in [7, 11) is 0. The highest BCUT2D eigenvalue weighted by Crippen LogP contribution is 2.27. The molecular weight excluding hydrogens is 282 g/mol. The molecular formula is C16H21N3OS. The number of aromatic amines is 1. The molecule has 21 heavy (non-hydrogen) atoms. The number of nitrogens with two attached hydrogens (primary N) is 1. The Morgan fingerprint density at radius 3 is 3.10 bits per heavy atom. The van der Waals surface area contributed by atoms with Gasteiger partial charge in [0.2, 0.25) is 5.91 Å². The fourth-order valence-corrected chi connectivity index (χ4v) is 3.45. The molecule has 5 heteroatoms. The highest BCUT2D eigenvalue weighted by atomic mass is 32.2. The summed E-state index contributed by atoms with van der Waals surface area (Å²) in [5.74, 6) is 1.01. The summed E-state index contributed by atoms with van der Waals surface area (Å²) >= 11 is 1.73. The summed E-state index contributed by atoms with van der Waals surface area (Å²) < 4.78 is 0. The van der Waals surface area contributed by atoms with Crippen molar-refractivity contribution in [3.8, 4) is 0 Å². The van der Waals surface area contributed by atoms with Crippen molar-refractivity contribution in [2.24, 2.45) is 5.73 Å². The maximum atomic E-state index is 12.5. The van der Waals surface area contributed by atoms with E-state index < -0.39 is 0 Å². The second-order valence-electron chi connectivity index (χ2n) is 5.53. The molecule has 4 nitrogen and oxygen atoms in total. The summed E-state index contributed by atoms with van der Waals surface area (Å²) in [5, 5.41) is 1.22. The molecule has 0 aliphatic carbocycles. The average Bonchev–Trinajstić information content (AvgIpc) is 2.89. The molecule has 3 N–H and O–H groups in total. The predicted molar refractivity (Wildman–Crippen MR) is 88.4 cm³/mol. The van der Waals surface area contributed by atoms with Crippen LogP contribution in [0.2, 0.25) is 0 Å². The van der Waals surface area contributed by atoms with Crippen molar-refractivity contribution in [2.75, 3.05) is 18.6 Å². The number of fused-ring (bicyclic) bond motifs is 3. The van der Waals surface area contributed by atoms with Gasteiger partial charge in [-0.2, -0.15) is 11.8 Å². The molecule has 1 aromatic heterocycles. The van der Waals surface area contributed by atoms with Crippen molar-refractivity contribution in [3.63, 3.8) is 0 Å². The zero-order valence-corrected chi connectivity index (χ0v) is 13.1. The smallest absolute Gasteiger partial charge is 0.239 e. The van der Waals surface area contributed by atoms with Crippen molar-refractivity contribution in [1.29, 1.82) is 0 Å². The highest BCUT2D eigenvalue weighted by molar-refractivity contribution is 7.98. The Hall–Kier alpha value is -1.46. The number of benzene rings is 1. The van der Waals surface area contributed by atoms with Crippen LogP contribution >= 0.6 is 11.8 Å². The first-order chi connectivity index (χ1) is 10.2. The van der Waals surface area contributed by atoms with Gasteiger partial charge in [-0.05, 0) is 24.5 Å². The molecule has 1 amide bonds. The quantitative estimate of drug-likeness (QED) is 0.909. The molecule has 2 heterocycles. The summed E-state index contributed by atoms with van der Waals surface area (Å²) in [5.41, 5.74) is 9.70. The van der Waals surface area contributed by atoms with Gasteiger partial charge >= 0.3 is 0 Å². The number of H-pyrrole nitrogens is 1. The molecule has 112 valence electrons. The van der Waals surface area contributed by atoms with Crippen LogP contribution in [0.25, 0.3) is 10.9 Å². The molecule has 0 bridgehead atoms. The molecule has 0 fully saturated rings. The number of para-hydroxylation sites is 1. The van der Waals surface area contributed by atoms with Crippen molar-refractivity contribution in [2.45, 2.75) is 25.4 Å². The maximum absolute atomic E-state index is 12.5. The Kier molecular flexibility index (Phi) is 4.22. The molecule has 0 spiro atoms. The molecule has 2 aromatic rings. The van der Waals surface area contributed by atoms with Crippen LogP contribution < -0.4 is 5.73 Å². The zero-order valence-electron chi connectivity index (χ0n) is 12.3. The highest BCUT2D eigenvalue weighted by Gasteiger charge is 2.26. The largest absolute Gasteiger partial charge is 0.358 e. The van der Waals surface area contributed by atoms with E-state index in [0.717, 1.165) is 30.7 Å². The van der Waals surface area contributed by atoms with Crippen LogP contribution in [0.3, 0.4) is 0 Å². The zero-order chi connectivity index (χ0) is 14.8. The summed E-state index contributed by atoms with van der Waals surface area (Å²) in [6.45, 7) is 1.43. The van der Waals surface area contributed by atoms with Gasteiger partial charge in [0.1, 0.15) is 0 Å². The first-order valence-electron chi connectivity index (χ1n) is 7.32. The van der Waals surface area contributed by atoms with Crippen molar-refractivity contribution in [3.05, 3.63) is 35.5 Å². The van der Waals surface area contributed by atoms with E-state index in [1.54, 1.807) is 11.8 Å². The molecule has 1 aliphatic heterocycles. The molecule has 0 unspecified atom stereocenters. The Morgan fingerprint density at radius 1 is 1.48 bits per heavy atom. The second-order valence-corrected chi connectivity index (χ2v) is 6.51. The molecule has 1 aliphatic rings. The van der Waals surface area contributed by atoms with Crippen molar-refractivity contribution < 1.29 is 4.79 Å². The van der Waals surface area contributed by atoms with Crippen LogP contribution in [0, 0.1) is 0 Å². The fraction of sp³-hybridized carbons (Fsp3) is 0.438. The van der Waals surface area contributed by atoms with Gasteiger partial charge in [-0.15, -0.1) is 0 Å². The van der Waals surface area contributed by atoms with E-state index >= 15 is 0 Å². The lowest BCUT2D eigenvalue weighted by Gasteiger charge is -2.29. The van der Waals surface area contributed by atoms with Crippen molar-refractivity contribution >= 4 is 28.6 Å². The minimum atomic E-state index is -0.371. The Morgan fingerprint density at radius 2 is 2.29 bits per heavy atom. The maximum Gasteiger partial charge on any atom is 0.239 e. The molecule has 0 saturated carbocycles. The van der Waals surface area contributed by atoms with Gasteiger partial charge < -0.3 is 15.6 Å². The lowest BCUT2D eigenvalue weighted by molar-refractivity contribution is -0.133. The Bertz CT molecular complexity index is 652. The summed E-state index contributed by atoms with van der Waals surface area (Å²) in [6.07, 6.45) is 3.67. The van der Waals surface area contributed by atoms with E-state index in [2.05, 4.69) is 17.1 Å². The van der Waals surface area contributed by atoms with Crippen LogP contribution in [-0.2, 0) is 17.8 Å². The van der Waals surface area contributed by atoms with Gasteiger partial charge in [-0.1, -0.05) is 18.2 Å². The number of aromatic nitrogens is 1. The third kappa shape index (κ3) is 2.80. The third-order valence-electron chi connectivity index (χ3n) is 4.14. The Labute approximate surface area is 129 Å². The number of hydrogen-bond donors (Lipinski definition) is 2. The molecule has 1 aromatic carbocycles. The monoisotopic (exact) mass is 303 g/mol. The minimum absolute atomic E-state index is 0.0833. The standard InChI is InChI=1S/C16H21N3OS/c1-21-9-7-13(17)16(20)19-8-6-15-12(10-19)11-4-2-3-5-14(11)18-15/h2-5,13,18H,6-10,17H2,1H3/t13-/m1/s1. The summed E-state index contributed by atoms with van der Waals surface area (Å²) in [6, 6.07) is 7.91. The van der Waals surface area contributed by atoms with Crippen LogP contribution in [0.4, 0.5) is 0 Å². The lowest BCUT2D eigenvalue weighted by atomic mass is 10.0. The molecule has 0 saturated heterocycles. The minimum Gasteiger partial charge on any atom is -0.358 e. The van der Waals surface area contributed by atoms with Gasteiger partial charge in [-0.25, -0.2) is 0 Å². The average molecular weight is 303 g/mol. The normalized spacial score (nSPS) is 16.0. The molecule has 0 radical (unpaired) electrons. The third-order valence-corrected chi connectivity index (χ3v) is 4.79. The van der Waals surface area contributed by atoms with Crippen LogP contribution in [0.15, 0.2) is 24.3 Å². The molecule has 3 rings (SSSR count). The summed E-state index contributed by atoms with van der Waals surface area (Å²) in [4.78, 5) is 17.8. The number of rotatable bonds is 4.